The number of nitrogens with zero attached hydrogens (tertiary/aromatic N) is 1. The van der Waals surface area contributed by atoms with Gasteiger partial charge in [-0.15, -0.1) is 0 Å². The maximum atomic E-state index is 5.93. The van der Waals surface area contributed by atoms with Gasteiger partial charge in [-0.1, -0.05) is 6.07 Å². The summed E-state index contributed by atoms with van der Waals surface area (Å²) in [5.74, 6) is 1.87. The summed E-state index contributed by atoms with van der Waals surface area (Å²) < 4.78 is 5.93. The Bertz CT molecular complexity index is 589. The van der Waals surface area contributed by atoms with E-state index < -0.39 is 0 Å². The number of nitrogens with one attached hydrogen (secondary N) is 1. The van der Waals surface area contributed by atoms with Crippen LogP contribution in [-0.2, 0) is 6.42 Å². The summed E-state index contributed by atoms with van der Waals surface area (Å²) in [6.45, 7) is 4.60. The van der Waals surface area contributed by atoms with Gasteiger partial charge < -0.3 is 15.5 Å². The second kappa shape index (κ2) is 4.14. The van der Waals surface area contributed by atoms with E-state index in [9.17, 15) is 0 Å². The highest BCUT2D eigenvalue weighted by molar-refractivity contribution is 5.71. The average Bonchev–Trinajstić information content (AvgIpc) is 2.93. The van der Waals surface area contributed by atoms with E-state index in [0.717, 1.165) is 29.3 Å². The highest BCUT2D eigenvalue weighted by Gasteiger charge is 2.25. The van der Waals surface area contributed by atoms with E-state index in [-0.39, 0.29) is 6.10 Å². The van der Waals surface area contributed by atoms with Gasteiger partial charge in [-0.3, -0.25) is 0 Å². The SMILES string of the molecule is Cc1cc2c(c(-c3cnc(C)[nH]3)c1)O[C@H](CN)C2. The van der Waals surface area contributed by atoms with Crippen LogP contribution in [-0.4, -0.2) is 22.6 Å². The van der Waals surface area contributed by atoms with E-state index in [1.807, 2.05) is 13.1 Å². The van der Waals surface area contributed by atoms with Gasteiger partial charge in [0, 0.05) is 18.5 Å². The minimum absolute atomic E-state index is 0.101. The summed E-state index contributed by atoms with van der Waals surface area (Å²) in [6.07, 6.45) is 2.85. The first-order valence-electron chi connectivity index (χ1n) is 6.19. The Morgan fingerprint density at radius 1 is 1.44 bits per heavy atom. The molecular formula is C14H17N3O. The van der Waals surface area contributed by atoms with Crippen molar-refractivity contribution >= 4 is 0 Å². The molecule has 3 rings (SSSR count). The molecule has 0 spiro atoms. The fourth-order valence-corrected chi connectivity index (χ4v) is 2.48. The lowest BCUT2D eigenvalue weighted by molar-refractivity contribution is 0.242. The van der Waals surface area contributed by atoms with Gasteiger partial charge in [0.1, 0.15) is 17.7 Å². The number of aryl methyl sites for hydroxylation is 2. The van der Waals surface area contributed by atoms with Gasteiger partial charge in [-0.05, 0) is 31.0 Å². The van der Waals surface area contributed by atoms with Crippen LogP contribution in [0.15, 0.2) is 18.3 Å². The second-order valence-corrected chi connectivity index (χ2v) is 4.86. The van der Waals surface area contributed by atoms with Crippen LogP contribution in [0.1, 0.15) is 17.0 Å². The predicted molar refractivity (Wildman–Crippen MR) is 70.7 cm³/mol. The molecule has 1 aliphatic rings. The number of benzene rings is 1. The Labute approximate surface area is 106 Å². The lowest BCUT2D eigenvalue weighted by Gasteiger charge is -2.10. The average molecular weight is 243 g/mol. The summed E-state index contributed by atoms with van der Waals surface area (Å²) in [5.41, 5.74) is 10.3. The third kappa shape index (κ3) is 1.78. The van der Waals surface area contributed by atoms with Gasteiger partial charge in [0.15, 0.2) is 0 Å². The molecule has 4 heteroatoms. The monoisotopic (exact) mass is 243 g/mol. The number of nitrogens with two attached hydrogens (primary N) is 1. The molecule has 0 amide bonds. The molecule has 2 aromatic rings. The van der Waals surface area contributed by atoms with Gasteiger partial charge in [-0.2, -0.15) is 0 Å². The predicted octanol–water partition coefficient (Wildman–Crippen LogP) is 1.96. The standard InChI is InChI=1S/C14H17N3O/c1-8-3-10-5-11(6-15)18-14(10)12(4-8)13-7-16-9(2)17-13/h3-4,7,11H,5-6,15H2,1-2H3,(H,16,17)/t11-/m0/s1. The van der Waals surface area contributed by atoms with E-state index in [0.29, 0.717) is 6.54 Å². The highest BCUT2D eigenvalue weighted by Crippen LogP contribution is 2.39. The fourth-order valence-electron chi connectivity index (χ4n) is 2.48. The summed E-state index contributed by atoms with van der Waals surface area (Å²) >= 11 is 0. The maximum absolute atomic E-state index is 5.93. The fraction of sp³-hybridized carbons (Fsp3) is 0.357. The largest absolute Gasteiger partial charge is 0.488 e. The van der Waals surface area contributed by atoms with Crippen LogP contribution in [0.3, 0.4) is 0 Å². The van der Waals surface area contributed by atoms with Crippen molar-refractivity contribution in [2.24, 2.45) is 5.73 Å². The topological polar surface area (TPSA) is 63.9 Å². The number of aromatic nitrogens is 2. The normalized spacial score (nSPS) is 17.6. The number of fused-ring (bicyclic) bond motifs is 1. The lowest BCUT2D eigenvalue weighted by atomic mass is 10.0. The van der Waals surface area contributed by atoms with Gasteiger partial charge in [0.25, 0.3) is 0 Å². The van der Waals surface area contributed by atoms with E-state index in [1.54, 1.807) is 0 Å². The molecule has 1 aromatic carbocycles. The van der Waals surface area contributed by atoms with Gasteiger partial charge in [0.05, 0.1) is 11.9 Å². The first-order valence-corrected chi connectivity index (χ1v) is 6.19. The Hall–Kier alpha value is -1.81. The van der Waals surface area contributed by atoms with E-state index >= 15 is 0 Å². The zero-order chi connectivity index (χ0) is 12.7. The molecule has 0 radical (unpaired) electrons. The molecule has 3 N–H and O–H groups in total. The Kier molecular flexibility index (Phi) is 2.59. The quantitative estimate of drug-likeness (QED) is 0.847. The Balaban J connectivity index is 2.11. The summed E-state index contributed by atoms with van der Waals surface area (Å²) in [7, 11) is 0. The van der Waals surface area contributed by atoms with E-state index in [1.165, 1.54) is 11.1 Å². The molecule has 94 valence electrons. The summed E-state index contributed by atoms with van der Waals surface area (Å²) in [5, 5.41) is 0. The van der Waals surface area contributed by atoms with Crippen molar-refractivity contribution in [2.75, 3.05) is 6.54 Å². The first-order chi connectivity index (χ1) is 8.67. The molecule has 1 atom stereocenters. The summed E-state index contributed by atoms with van der Waals surface area (Å²) in [6, 6.07) is 4.31. The number of hydrogen-bond acceptors (Lipinski definition) is 3. The molecule has 0 bridgehead atoms. The van der Waals surface area contributed by atoms with Crippen LogP contribution in [0.5, 0.6) is 5.75 Å². The molecule has 18 heavy (non-hydrogen) atoms. The van der Waals surface area contributed by atoms with Crippen molar-refractivity contribution in [3.8, 4) is 17.0 Å². The zero-order valence-corrected chi connectivity index (χ0v) is 10.7. The maximum Gasteiger partial charge on any atom is 0.132 e. The van der Waals surface area contributed by atoms with Gasteiger partial charge >= 0.3 is 0 Å². The minimum atomic E-state index is 0.101. The van der Waals surface area contributed by atoms with Crippen molar-refractivity contribution in [3.63, 3.8) is 0 Å². The third-order valence-electron chi connectivity index (χ3n) is 3.30. The molecule has 1 aromatic heterocycles. The Morgan fingerprint density at radius 3 is 2.94 bits per heavy atom. The Morgan fingerprint density at radius 2 is 2.28 bits per heavy atom. The van der Waals surface area contributed by atoms with E-state index in [2.05, 4.69) is 29.0 Å². The van der Waals surface area contributed by atoms with E-state index in [4.69, 9.17) is 10.5 Å². The van der Waals surface area contributed by atoms with Crippen LogP contribution >= 0.6 is 0 Å². The number of rotatable bonds is 2. The highest BCUT2D eigenvalue weighted by atomic mass is 16.5. The van der Waals surface area contributed by atoms with Crippen LogP contribution < -0.4 is 10.5 Å². The van der Waals surface area contributed by atoms with Crippen molar-refractivity contribution in [1.82, 2.24) is 9.97 Å². The molecule has 0 aliphatic carbocycles. The number of hydrogen-bond donors (Lipinski definition) is 2. The van der Waals surface area contributed by atoms with Crippen LogP contribution in [0.4, 0.5) is 0 Å². The van der Waals surface area contributed by atoms with Gasteiger partial charge in [0.2, 0.25) is 0 Å². The molecule has 2 heterocycles. The molecule has 1 aliphatic heterocycles. The number of imidazole rings is 1. The number of ether oxygens (including phenoxy) is 1. The molecular weight excluding hydrogens is 226 g/mol. The number of aromatic amines is 1. The van der Waals surface area contributed by atoms with Crippen molar-refractivity contribution in [2.45, 2.75) is 26.4 Å². The first kappa shape index (κ1) is 11.3. The van der Waals surface area contributed by atoms with Crippen LogP contribution in [0.25, 0.3) is 11.3 Å². The van der Waals surface area contributed by atoms with Gasteiger partial charge in [-0.25, -0.2) is 4.98 Å². The molecule has 0 unspecified atom stereocenters. The molecule has 0 fully saturated rings. The molecule has 0 saturated heterocycles. The van der Waals surface area contributed by atoms with Crippen molar-refractivity contribution in [3.05, 3.63) is 35.3 Å². The van der Waals surface area contributed by atoms with Crippen molar-refractivity contribution < 1.29 is 4.74 Å². The van der Waals surface area contributed by atoms with Crippen LogP contribution in [0.2, 0.25) is 0 Å². The minimum Gasteiger partial charge on any atom is -0.488 e. The summed E-state index contributed by atoms with van der Waals surface area (Å²) in [4.78, 5) is 7.51. The molecule has 4 nitrogen and oxygen atoms in total. The zero-order valence-electron chi connectivity index (χ0n) is 10.7. The molecule has 0 saturated carbocycles. The smallest absolute Gasteiger partial charge is 0.132 e. The van der Waals surface area contributed by atoms with Crippen LogP contribution in [0, 0.1) is 13.8 Å². The van der Waals surface area contributed by atoms with Crippen molar-refractivity contribution in [1.29, 1.82) is 0 Å². The third-order valence-corrected chi connectivity index (χ3v) is 3.30. The lowest BCUT2D eigenvalue weighted by Crippen LogP contribution is -2.24. The number of H-pyrrole nitrogens is 1. The second-order valence-electron chi connectivity index (χ2n) is 4.86.